The van der Waals surface area contributed by atoms with Gasteiger partial charge in [0.05, 0.1) is 13.2 Å². The molecule has 1 aromatic carbocycles. The van der Waals surface area contributed by atoms with Gasteiger partial charge in [0.1, 0.15) is 17.9 Å². The molecule has 0 saturated carbocycles. The Bertz CT molecular complexity index is 572. The van der Waals surface area contributed by atoms with Crippen LogP contribution in [0.2, 0.25) is 0 Å². The molecule has 0 radical (unpaired) electrons. The SMILES string of the molecule is CC[C@H](O)COc1ccc2cc(C(=O)OC)oc2c1. The molecule has 5 nitrogen and oxygen atoms in total. The van der Waals surface area contributed by atoms with Crippen molar-refractivity contribution < 1.29 is 23.8 Å². The van der Waals surface area contributed by atoms with Crippen molar-refractivity contribution in [3.8, 4) is 5.75 Å². The van der Waals surface area contributed by atoms with Gasteiger partial charge in [-0.25, -0.2) is 4.79 Å². The maximum atomic E-state index is 11.3. The van der Waals surface area contributed by atoms with Crippen LogP contribution in [0.3, 0.4) is 0 Å². The van der Waals surface area contributed by atoms with Crippen LogP contribution in [0.25, 0.3) is 11.0 Å². The van der Waals surface area contributed by atoms with E-state index in [1.54, 1.807) is 24.3 Å². The molecule has 0 amide bonds. The molecule has 102 valence electrons. The molecule has 1 aromatic heterocycles. The second-order valence-corrected chi connectivity index (χ2v) is 4.17. The minimum atomic E-state index is -0.514. The smallest absolute Gasteiger partial charge is 0.373 e. The van der Waals surface area contributed by atoms with Gasteiger partial charge in [-0.3, -0.25) is 0 Å². The summed E-state index contributed by atoms with van der Waals surface area (Å²) in [5.41, 5.74) is 0.545. The van der Waals surface area contributed by atoms with Crippen molar-refractivity contribution in [1.29, 1.82) is 0 Å². The fraction of sp³-hybridized carbons (Fsp3) is 0.357. The summed E-state index contributed by atoms with van der Waals surface area (Å²) < 4.78 is 15.4. The number of furan rings is 1. The van der Waals surface area contributed by atoms with Crippen LogP contribution in [-0.4, -0.2) is 30.9 Å². The fourth-order valence-electron chi connectivity index (χ4n) is 1.61. The van der Waals surface area contributed by atoms with Gasteiger partial charge < -0.3 is 19.0 Å². The first-order valence-electron chi connectivity index (χ1n) is 6.06. The largest absolute Gasteiger partial charge is 0.491 e. The lowest BCUT2D eigenvalue weighted by Crippen LogP contribution is -2.15. The van der Waals surface area contributed by atoms with Gasteiger partial charge in [0, 0.05) is 11.5 Å². The van der Waals surface area contributed by atoms with Gasteiger partial charge in [0.25, 0.3) is 0 Å². The Morgan fingerprint density at radius 1 is 1.42 bits per heavy atom. The van der Waals surface area contributed by atoms with Crippen molar-refractivity contribution in [2.45, 2.75) is 19.4 Å². The van der Waals surface area contributed by atoms with Gasteiger partial charge >= 0.3 is 5.97 Å². The number of aliphatic hydroxyl groups excluding tert-OH is 1. The number of fused-ring (bicyclic) bond motifs is 1. The van der Waals surface area contributed by atoms with E-state index in [0.29, 0.717) is 17.8 Å². The Kier molecular flexibility index (Phi) is 4.06. The summed E-state index contributed by atoms with van der Waals surface area (Å²) >= 11 is 0. The van der Waals surface area contributed by atoms with Crippen LogP contribution in [0.4, 0.5) is 0 Å². The molecule has 2 rings (SSSR count). The van der Waals surface area contributed by atoms with Crippen molar-refractivity contribution in [2.24, 2.45) is 0 Å². The maximum Gasteiger partial charge on any atom is 0.373 e. The van der Waals surface area contributed by atoms with E-state index < -0.39 is 12.1 Å². The molecule has 0 aliphatic rings. The van der Waals surface area contributed by atoms with E-state index in [1.165, 1.54) is 7.11 Å². The highest BCUT2D eigenvalue weighted by atomic mass is 16.5. The third-order valence-electron chi connectivity index (χ3n) is 2.79. The van der Waals surface area contributed by atoms with Crippen LogP contribution >= 0.6 is 0 Å². The van der Waals surface area contributed by atoms with Crippen molar-refractivity contribution >= 4 is 16.9 Å². The Labute approximate surface area is 110 Å². The maximum absolute atomic E-state index is 11.3. The van der Waals surface area contributed by atoms with E-state index in [9.17, 15) is 9.90 Å². The standard InChI is InChI=1S/C14H16O5/c1-3-10(15)8-18-11-5-4-9-6-13(14(16)17-2)19-12(9)7-11/h4-7,10,15H,3,8H2,1-2H3/t10-/m0/s1. The van der Waals surface area contributed by atoms with Crippen molar-refractivity contribution in [3.05, 3.63) is 30.0 Å². The van der Waals surface area contributed by atoms with Crippen LogP contribution in [0.5, 0.6) is 5.75 Å². The average molecular weight is 264 g/mol. The molecule has 1 heterocycles. The topological polar surface area (TPSA) is 68.9 Å². The van der Waals surface area contributed by atoms with Crippen molar-refractivity contribution in [1.82, 2.24) is 0 Å². The third-order valence-corrected chi connectivity index (χ3v) is 2.79. The van der Waals surface area contributed by atoms with E-state index in [1.807, 2.05) is 6.92 Å². The van der Waals surface area contributed by atoms with Gasteiger partial charge in [0.2, 0.25) is 5.76 Å². The van der Waals surface area contributed by atoms with Crippen LogP contribution in [0.15, 0.2) is 28.7 Å². The minimum Gasteiger partial charge on any atom is -0.491 e. The molecule has 2 aromatic rings. The lowest BCUT2D eigenvalue weighted by molar-refractivity contribution is 0.0567. The zero-order valence-corrected chi connectivity index (χ0v) is 10.9. The van der Waals surface area contributed by atoms with Crippen molar-refractivity contribution in [3.63, 3.8) is 0 Å². The normalized spacial score (nSPS) is 12.4. The van der Waals surface area contributed by atoms with E-state index >= 15 is 0 Å². The second kappa shape index (κ2) is 5.75. The highest BCUT2D eigenvalue weighted by molar-refractivity contribution is 5.92. The number of aliphatic hydroxyl groups is 1. The number of benzene rings is 1. The highest BCUT2D eigenvalue weighted by Crippen LogP contribution is 2.24. The monoisotopic (exact) mass is 264 g/mol. The van der Waals surface area contributed by atoms with Crippen molar-refractivity contribution in [2.75, 3.05) is 13.7 Å². The number of ether oxygens (including phenoxy) is 2. The molecule has 0 bridgehead atoms. The molecule has 0 fully saturated rings. The predicted molar refractivity (Wildman–Crippen MR) is 69.3 cm³/mol. The number of hydrogen-bond acceptors (Lipinski definition) is 5. The number of esters is 1. The molecular weight excluding hydrogens is 248 g/mol. The number of methoxy groups -OCH3 is 1. The van der Waals surface area contributed by atoms with Gasteiger partial charge in [-0.1, -0.05) is 6.92 Å². The van der Waals surface area contributed by atoms with E-state index in [-0.39, 0.29) is 12.4 Å². The summed E-state index contributed by atoms with van der Waals surface area (Å²) in [6, 6.07) is 6.86. The summed E-state index contributed by atoms with van der Waals surface area (Å²) in [7, 11) is 1.30. The number of carbonyl (C=O) groups excluding carboxylic acids is 1. The van der Waals surface area contributed by atoms with E-state index in [0.717, 1.165) is 5.39 Å². The molecule has 0 aliphatic heterocycles. The third kappa shape index (κ3) is 3.06. The Balaban J connectivity index is 2.18. The molecule has 0 aliphatic carbocycles. The zero-order valence-electron chi connectivity index (χ0n) is 10.9. The number of carbonyl (C=O) groups is 1. The highest BCUT2D eigenvalue weighted by Gasteiger charge is 2.13. The molecule has 0 saturated heterocycles. The molecule has 1 atom stereocenters. The van der Waals surface area contributed by atoms with Crippen LogP contribution in [-0.2, 0) is 4.74 Å². The van der Waals surface area contributed by atoms with E-state index in [4.69, 9.17) is 9.15 Å². The summed E-state index contributed by atoms with van der Waals surface area (Å²) in [5.74, 6) is 0.231. The number of hydrogen-bond donors (Lipinski definition) is 1. The molecule has 0 spiro atoms. The fourth-order valence-corrected chi connectivity index (χ4v) is 1.61. The van der Waals surface area contributed by atoms with Gasteiger partial charge in [0.15, 0.2) is 0 Å². The summed E-state index contributed by atoms with van der Waals surface area (Å²) in [5, 5.41) is 10.2. The first-order chi connectivity index (χ1) is 9.13. The molecular formula is C14H16O5. The summed E-state index contributed by atoms with van der Waals surface area (Å²) in [6.07, 6.45) is 0.146. The Hall–Kier alpha value is -2.01. The lowest BCUT2D eigenvalue weighted by atomic mass is 10.2. The first-order valence-corrected chi connectivity index (χ1v) is 6.06. The quantitative estimate of drug-likeness (QED) is 0.839. The average Bonchev–Trinajstić information content (AvgIpc) is 2.86. The lowest BCUT2D eigenvalue weighted by Gasteiger charge is -2.09. The second-order valence-electron chi connectivity index (χ2n) is 4.17. The molecule has 19 heavy (non-hydrogen) atoms. The zero-order chi connectivity index (χ0) is 13.8. The summed E-state index contributed by atoms with van der Waals surface area (Å²) in [4.78, 5) is 11.3. The number of rotatable bonds is 5. The summed E-state index contributed by atoms with van der Waals surface area (Å²) in [6.45, 7) is 2.11. The Morgan fingerprint density at radius 2 is 2.21 bits per heavy atom. The molecule has 1 N–H and O–H groups in total. The van der Waals surface area contributed by atoms with Gasteiger partial charge in [-0.2, -0.15) is 0 Å². The molecule has 0 unspecified atom stereocenters. The predicted octanol–water partition coefficient (Wildman–Crippen LogP) is 2.37. The van der Waals surface area contributed by atoms with Gasteiger partial charge in [-0.15, -0.1) is 0 Å². The minimum absolute atomic E-state index is 0.156. The molecule has 5 heteroatoms. The Morgan fingerprint density at radius 3 is 2.89 bits per heavy atom. The van der Waals surface area contributed by atoms with Gasteiger partial charge in [-0.05, 0) is 24.6 Å². The van der Waals surface area contributed by atoms with E-state index in [2.05, 4.69) is 4.74 Å². The first kappa shape index (κ1) is 13.4. The van der Waals surface area contributed by atoms with Crippen LogP contribution < -0.4 is 4.74 Å². The van der Waals surface area contributed by atoms with Crippen LogP contribution in [0.1, 0.15) is 23.9 Å². The van der Waals surface area contributed by atoms with Crippen LogP contribution in [0, 0.1) is 0 Å².